The van der Waals surface area contributed by atoms with E-state index in [0.717, 1.165) is 98.2 Å². The largest absolute Gasteiger partial charge is 0.507 e. The second kappa shape index (κ2) is 17.1. The molecule has 5 heteroatoms. The van der Waals surface area contributed by atoms with Gasteiger partial charge in [0.2, 0.25) is 0 Å². The van der Waals surface area contributed by atoms with Crippen LogP contribution in [0.15, 0.2) is 146 Å². The first-order chi connectivity index (χ1) is 29.7. The molecule has 0 atom stereocenters. The molecule has 1 aliphatic carbocycles. The minimum absolute atomic E-state index is 0. The van der Waals surface area contributed by atoms with Crippen LogP contribution in [0.25, 0.3) is 72.7 Å². The summed E-state index contributed by atoms with van der Waals surface area (Å²) in [5, 5.41) is 11.4. The van der Waals surface area contributed by atoms with Gasteiger partial charge in [-0.2, -0.15) is 0 Å². The molecule has 9 rings (SSSR count). The van der Waals surface area contributed by atoms with Crippen LogP contribution in [-0.2, 0) is 38.3 Å². The number of para-hydroxylation sites is 2. The number of aromatic nitrogens is 3. The first-order valence-corrected chi connectivity index (χ1v) is 21.3. The number of imidazole rings is 1. The maximum atomic E-state index is 11.4. The van der Waals surface area contributed by atoms with E-state index >= 15 is 0 Å². The number of fused-ring (bicyclic) bond motifs is 1. The molecule has 0 unspecified atom stereocenters. The number of pyridine rings is 1. The Morgan fingerprint density at radius 2 is 1.34 bits per heavy atom. The van der Waals surface area contributed by atoms with E-state index in [1.165, 1.54) is 5.56 Å². The molecule has 61 heavy (non-hydrogen) atoms. The topological polar surface area (TPSA) is 50.9 Å². The van der Waals surface area contributed by atoms with Gasteiger partial charge in [-0.3, -0.25) is 9.55 Å². The minimum atomic E-state index is -1.33. The third kappa shape index (κ3) is 8.66. The fourth-order valence-corrected chi connectivity index (χ4v) is 8.56. The number of nitrogens with zero attached hydrogens (tertiary/aromatic N) is 3. The number of benzene rings is 6. The Morgan fingerprint density at radius 1 is 0.656 bits per heavy atom. The molecule has 0 aliphatic heterocycles. The quantitative estimate of drug-likeness (QED) is 0.154. The Morgan fingerprint density at radius 3 is 2.07 bits per heavy atom. The molecule has 6 aromatic carbocycles. The van der Waals surface area contributed by atoms with Gasteiger partial charge in [0.1, 0.15) is 11.6 Å². The van der Waals surface area contributed by atoms with Crippen LogP contribution in [0.3, 0.4) is 0 Å². The van der Waals surface area contributed by atoms with Crippen molar-refractivity contribution < 1.29 is 28.9 Å². The van der Waals surface area contributed by atoms with Gasteiger partial charge in [0, 0.05) is 41.3 Å². The molecule has 4 nitrogen and oxygen atoms in total. The first-order valence-electron chi connectivity index (χ1n) is 22.3. The maximum absolute atomic E-state index is 11.4. The molecule has 2 aromatic heterocycles. The minimum Gasteiger partial charge on any atom is -0.507 e. The van der Waals surface area contributed by atoms with E-state index in [1.807, 2.05) is 60.8 Å². The van der Waals surface area contributed by atoms with E-state index in [9.17, 15) is 5.11 Å². The van der Waals surface area contributed by atoms with Crippen molar-refractivity contribution in [2.24, 2.45) is 5.92 Å². The summed E-state index contributed by atoms with van der Waals surface area (Å²) in [6, 6.07) is 51.3. The monoisotopic (exact) mass is 981 g/mol. The zero-order valence-electron chi connectivity index (χ0n) is 37.9. The van der Waals surface area contributed by atoms with E-state index in [1.54, 1.807) is 6.07 Å². The normalized spacial score (nSPS) is 14.1. The van der Waals surface area contributed by atoms with Gasteiger partial charge in [0.15, 0.2) is 0 Å². The second-order valence-electron chi connectivity index (χ2n) is 18.4. The zero-order chi connectivity index (χ0) is 43.4. The molecule has 0 amide bonds. The summed E-state index contributed by atoms with van der Waals surface area (Å²) in [4.78, 5) is 10.3. The molecule has 1 aliphatic rings. The molecule has 1 fully saturated rings. The molecular formula is C56H54N3OPt-. The van der Waals surface area contributed by atoms with Crippen LogP contribution in [0.1, 0.15) is 86.7 Å². The number of rotatable bonds is 8. The van der Waals surface area contributed by atoms with Crippen LogP contribution in [-0.4, -0.2) is 19.6 Å². The van der Waals surface area contributed by atoms with Gasteiger partial charge in [-0.15, -0.1) is 29.3 Å². The Kier molecular flexibility index (Phi) is 11.1. The Hall–Kier alpha value is -5.57. The van der Waals surface area contributed by atoms with Gasteiger partial charge in [-0.1, -0.05) is 169 Å². The fourth-order valence-electron chi connectivity index (χ4n) is 8.56. The third-order valence-electron chi connectivity index (χ3n) is 12.0. The van der Waals surface area contributed by atoms with Gasteiger partial charge in [0.05, 0.1) is 22.3 Å². The molecule has 8 aromatic rings. The van der Waals surface area contributed by atoms with Crippen LogP contribution in [0.2, 0.25) is 0 Å². The number of phenolic OH excluding ortho intramolecular Hbond substituents is 1. The van der Waals surface area contributed by atoms with E-state index in [-0.39, 0.29) is 43.6 Å². The van der Waals surface area contributed by atoms with Crippen LogP contribution < -0.4 is 0 Å². The molecule has 0 radical (unpaired) electrons. The Bertz CT molecular complexity index is 2920. The predicted molar refractivity (Wildman–Crippen MR) is 250 cm³/mol. The predicted octanol–water partition coefficient (Wildman–Crippen LogP) is 14.6. The van der Waals surface area contributed by atoms with E-state index in [4.69, 9.17) is 12.7 Å². The molecule has 310 valence electrons. The molecule has 1 saturated carbocycles. The molecule has 2 heterocycles. The van der Waals surface area contributed by atoms with Crippen LogP contribution in [0, 0.1) is 12.0 Å². The smallest absolute Gasteiger partial charge is 0.148 e. The van der Waals surface area contributed by atoms with Crippen LogP contribution in [0.5, 0.6) is 5.75 Å². The standard InChI is InChI=1S/C56H54N3O.Pt/c1-55(2,3)44-27-28-50(48(36-44)40-17-8-7-9-18-40)59-51-21-14-20-46(53(51)58-54(59)47-19-12-13-22-52(47)60)42-32-43(34-45(33-42)56(4,5)6)49-35-41(29-30-57-49)39-25-23-38(24-26-39)31-37-15-10-11-16-37;/h7-9,12-14,17-30,33-37,60H,10-11,15-16,31H2,1-6H3;/q-1;/i31D2;. The molecule has 1 N–H and O–H groups in total. The van der Waals surface area contributed by atoms with Crippen LogP contribution >= 0.6 is 0 Å². The molecule has 0 spiro atoms. The average Bonchev–Trinajstić information content (AvgIpc) is 3.96. The maximum Gasteiger partial charge on any atom is 0.148 e. The summed E-state index contributed by atoms with van der Waals surface area (Å²) in [5.41, 5.74) is 13.9. The first kappa shape index (κ1) is 39.6. The average molecular weight is 982 g/mol. The Balaban J connectivity index is 0.00000544. The summed E-state index contributed by atoms with van der Waals surface area (Å²) in [6.07, 6.45) is 4.63. The molecule has 0 saturated heterocycles. The van der Waals surface area contributed by atoms with E-state index < -0.39 is 6.37 Å². The van der Waals surface area contributed by atoms with Crippen molar-refractivity contribution in [1.82, 2.24) is 14.5 Å². The van der Waals surface area contributed by atoms with Gasteiger partial charge in [-0.05, 0) is 87.3 Å². The SMILES string of the molecule is [2H]C([2H])(c1ccc(-c2ccnc(-c3[c-]c(-c4cccc5c4nc(-c4ccccc4O)n5-c4ccc(C(C)(C)C)cc4-c4ccccc4)cc(C(C)(C)C)c3)c2)cc1)C1CCCC1.[Pt]. The van der Waals surface area contributed by atoms with Crippen molar-refractivity contribution in [3.05, 3.63) is 168 Å². The van der Waals surface area contributed by atoms with Crippen molar-refractivity contribution in [3.8, 4) is 67.5 Å². The van der Waals surface area contributed by atoms with Crippen molar-refractivity contribution in [2.75, 3.05) is 0 Å². The third-order valence-corrected chi connectivity index (χ3v) is 12.0. The number of hydrogen-bond donors (Lipinski definition) is 1. The molecular weight excluding hydrogens is 926 g/mol. The van der Waals surface area contributed by atoms with E-state index in [0.29, 0.717) is 11.4 Å². The van der Waals surface area contributed by atoms with Gasteiger partial charge >= 0.3 is 0 Å². The summed E-state index contributed by atoms with van der Waals surface area (Å²) in [5.74, 6) is 0.883. The summed E-state index contributed by atoms with van der Waals surface area (Å²) in [6.45, 7) is 13.4. The fraction of sp³-hybridized carbons (Fsp3) is 0.250. The molecule has 0 bridgehead atoms. The summed E-state index contributed by atoms with van der Waals surface area (Å²) in [7, 11) is 0. The van der Waals surface area contributed by atoms with Crippen LogP contribution in [0.4, 0.5) is 0 Å². The van der Waals surface area contributed by atoms with Crippen molar-refractivity contribution in [2.45, 2.75) is 84.4 Å². The van der Waals surface area contributed by atoms with Gasteiger partial charge < -0.3 is 5.11 Å². The Labute approximate surface area is 378 Å². The van der Waals surface area contributed by atoms with Gasteiger partial charge in [0.25, 0.3) is 0 Å². The number of hydrogen-bond acceptors (Lipinski definition) is 3. The zero-order valence-corrected chi connectivity index (χ0v) is 38.1. The van der Waals surface area contributed by atoms with Crippen molar-refractivity contribution >= 4 is 11.0 Å². The van der Waals surface area contributed by atoms with Crippen molar-refractivity contribution in [1.29, 1.82) is 0 Å². The summed E-state index contributed by atoms with van der Waals surface area (Å²) < 4.78 is 20.0. The van der Waals surface area contributed by atoms with E-state index in [2.05, 4.69) is 131 Å². The number of phenols is 1. The van der Waals surface area contributed by atoms with Gasteiger partial charge in [-0.25, -0.2) is 4.98 Å². The summed E-state index contributed by atoms with van der Waals surface area (Å²) >= 11 is 0. The number of aromatic hydroxyl groups is 1. The van der Waals surface area contributed by atoms with Crippen molar-refractivity contribution in [3.63, 3.8) is 0 Å². The second-order valence-corrected chi connectivity index (χ2v) is 18.4.